The minimum atomic E-state index is -0.671. The fourth-order valence-electron chi connectivity index (χ4n) is 3.10. The number of hydrogen-bond acceptors (Lipinski definition) is 7. The molecule has 9 heteroatoms. The van der Waals surface area contributed by atoms with Crippen LogP contribution in [0.15, 0.2) is 0 Å². The number of ether oxygens (including phenoxy) is 1. The predicted octanol–water partition coefficient (Wildman–Crippen LogP) is 3.54. The molecule has 2 N–H and O–H groups in total. The summed E-state index contributed by atoms with van der Waals surface area (Å²) >= 11 is 2.69. The smallest absolute Gasteiger partial charge is 0.341 e. The SMILES string of the molecule is CC(=O)Nc1sc(C)c(C)c1C(=O)OCC(=O)Nc1sc2c(c1C#N)CCC2. The van der Waals surface area contributed by atoms with Gasteiger partial charge in [0.1, 0.15) is 16.1 Å². The van der Waals surface area contributed by atoms with Crippen LogP contribution in [-0.2, 0) is 27.2 Å². The molecule has 146 valence electrons. The third kappa shape index (κ3) is 3.93. The summed E-state index contributed by atoms with van der Waals surface area (Å²) in [7, 11) is 0. The van der Waals surface area contributed by atoms with Crippen LogP contribution < -0.4 is 10.6 Å². The summed E-state index contributed by atoms with van der Waals surface area (Å²) in [6, 6.07) is 2.16. The molecule has 2 heterocycles. The Balaban J connectivity index is 1.67. The van der Waals surface area contributed by atoms with Crippen molar-refractivity contribution in [3.63, 3.8) is 0 Å². The highest BCUT2D eigenvalue weighted by atomic mass is 32.1. The maximum atomic E-state index is 12.5. The first-order chi connectivity index (χ1) is 13.3. The Morgan fingerprint density at radius 3 is 2.57 bits per heavy atom. The number of carbonyl (C=O) groups excluding carboxylic acids is 3. The highest BCUT2D eigenvalue weighted by Gasteiger charge is 2.25. The van der Waals surface area contributed by atoms with Crippen LogP contribution in [0.4, 0.5) is 10.0 Å². The molecule has 0 saturated carbocycles. The van der Waals surface area contributed by atoms with Gasteiger partial charge in [-0.2, -0.15) is 5.26 Å². The Morgan fingerprint density at radius 2 is 1.89 bits per heavy atom. The van der Waals surface area contributed by atoms with E-state index >= 15 is 0 Å². The molecule has 0 fully saturated rings. The standard InChI is InChI=1S/C19H19N3O4S2/c1-9-10(2)27-18(21-11(3)23)16(9)19(25)26-8-15(24)22-17-13(7-20)12-5-4-6-14(12)28-17/h4-6,8H2,1-3H3,(H,21,23)(H,22,24). The molecule has 3 rings (SSSR count). The number of nitrogens with zero attached hydrogens (tertiary/aromatic N) is 1. The third-order valence-electron chi connectivity index (χ3n) is 4.50. The van der Waals surface area contributed by atoms with Crippen LogP contribution in [0.25, 0.3) is 0 Å². The van der Waals surface area contributed by atoms with Crippen LogP contribution >= 0.6 is 22.7 Å². The average Bonchev–Trinajstić information content (AvgIpc) is 3.26. The van der Waals surface area contributed by atoms with Crippen LogP contribution in [0.5, 0.6) is 0 Å². The molecule has 28 heavy (non-hydrogen) atoms. The van der Waals surface area contributed by atoms with Gasteiger partial charge in [-0.15, -0.1) is 22.7 Å². The maximum absolute atomic E-state index is 12.5. The molecule has 2 aromatic rings. The quantitative estimate of drug-likeness (QED) is 0.724. The molecule has 2 aromatic heterocycles. The lowest BCUT2D eigenvalue weighted by Gasteiger charge is -2.08. The van der Waals surface area contributed by atoms with E-state index in [1.54, 1.807) is 6.92 Å². The molecule has 1 aliphatic rings. The number of nitriles is 1. The lowest BCUT2D eigenvalue weighted by atomic mass is 10.1. The molecule has 0 unspecified atom stereocenters. The van der Waals surface area contributed by atoms with Gasteiger partial charge >= 0.3 is 5.97 Å². The van der Waals surface area contributed by atoms with Crippen molar-refractivity contribution in [2.75, 3.05) is 17.2 Å². The van der Waals surface area contributed by atoms with E-state index in [-0.39, 0.29) is 11.5 Å². The molecule has 0 spiro atoms. The fourth-order valence-corrected chi connectivity index (χ4v) is 5.45. The van der Waals surface area contributed by atoms with Crippen LogP contribution in [0.3, 0.4) is 0 Å². The molecule has 1 aliphatic carbocycles. The second-order valence-corrected chi connectivity index (χ2v) is 8.80. The largest absolute Gasteiger partial charge is 0.452 e. The molecule has 0 aliphatic heterocycles. The van der Waals surface area contributed by atoms with Crippen molar-refractivity contribution in [1.29, 1.82) is 5.26 Å². The van der Waals surface area contributed by atoms with E-state index in [2.05, 4.69) is 16.7 Å². The topological polar surface area (TPSA) is 108 Å². The highest BCUT2D eigenvalue weighted by Crippen LogP contribution is 2.38. The zero-order valence-corrected chi connectivity index (χ0v) is 17.4. The Labute approximate surface area is 170 Å². The van der Waals surface area contributed by atoms with E-state index in [0.29, 0.717) is 21.1 Å². The van der Waals surface area contributed by atoms with Crippen molar-refractivity contribution in [3.05, 3.63) is 32.0 Å². The zero-order chi connectivity index (χ0) is 20.4. The minimum absolute atomic E-state index is 0.262. The molecule has 0 saturated heterocycles. The monoisotopic (exact) mass is 417 g/mol. The predicted molar refractivity (Wildman–Crippen MR) is 108 cm³/mol. The van der Waals surface area contributed by atoms with Crippen LogP contribution in [0, 0.1) is 25.2 Å². The van der Waals surface area contributed by atoms with Crippen molar-refractivity contribution < 1.29 is 19.1 Å². The van der Waals surface area contributed by atoms with Gasteiger partial charge in [0, 0.05) is 16.7 Å². The number of aryl methyl sites for hydroxylation is 2. The van der Waals surface area contributed by atoms with Crippen LogP contribution in [-0.4, -0.2) is 24.4 Å². The molecular formula is C19H19N3O4S2. The molecule has 0 radical (unpaired) electrons. The summed E-state index contributed by atoms with van der Waals surface area (Å²) in [6.07, 6.45) is 2.79. The van der Waals surface area contributed by atoms with E-state index in [4.69, 9.17) is 4.74 Å². The van der Waals surface area contributed by atoms with Crippen molar-refractivity contribution in [2.45, 2.75) is 40.0 Å². The van der Waals surface area contributed by atoms with E-state index in [0.717, 1.165) is 34.6 Å². The fraction of sp³-hybridized carbons (Fsp3) is 0.368. The van der Waals surface area contributed by atoms with Gasteiger partial charge in [-0.05, 0) is 44.2 Å². The molecule has 2 amide bonds. The van der Waals surface area contributed by atoms with Gasteiger partial charge < -0.3 is 15.4 Å². The second-order valence-electron chi connectivity index (χ2n) is 6.47. The summed E-state index contributed by atoms with van der Waals surface area (Å²) in [5.41, 5.74) is 2.50. The third-order valence-corrected chi connectivity index (χ3v) is 6.83. The Morgan fingerprint density at radius 1 is 1.14 bits per heavy atom. The van der Waals surface area contributed by atoms with E-state index < -0.39 is 18.5 Å². The van der Waals surface area contributed by atoms with Crippen molar-refractivity contribution >= 4 is 50.5 Å². The number of amides is 2. The van der Waals surface area contributed by atoms with Gasteiger partial charge in [0.2, 0.25) is 5.91 Å². The van der Waals surface area contributed by atoms with E-state index in [1.165, 1.54) is 29.6 Å². The maximum Gasteiger partial charge on any atom is 0.341 e. The summed E-state index contributed by atoms with van der Waals surface area (Å²) < 4.78 is 5.16. The van der Waals surface area contributed by atoms with Gasteiger partial charge in [0.05, 0.1) is 11.1 Å². The first-order valence-corrected chi connectivity index (χ1v) is 10.3. The van der Waals surface area contributed by atoms with Gasteiger partial charge in [0.15, 0.2) is 6.61 Å². The average molecular weight is 418 g/mol. The van der Waals surface area contributed by atoms with Crippen molar-refractivity contribution in [2.24, 2.45) is 0 Å². The Kier molecular flexibility index (Phi) is 5.82. The van der Waals surface area contributed by atoms with Crippen LogP contribution in [0.1, 0.15) is 50.1 Å². The van der Waals surface area contributed by atoms with Crippen molar-refractivity contribution in [3.8, 4) is 6.07 Å². The van der Waals surface area contributed by atoms with Gasteiger partial charge in [0.25, 0.3) is 5.91 Å². The number of thiophene rings is 2. The number of fused-ring (bicyclic) bond motifs is 1. The Bertz CT molecular complexity index is 1010. The lowest BCUT2D eigenvalue weighted by Crippen LogP contribution is -2.21. The Hall–Kier alpha value is -2.70. The molecule has 0 aromatic carbocycles. The number of anilines is 2. The number of nitrogens with one attached hydrogen (secondary N) is 2. The van der Waals surface area contributed by atoms with Crippen LogP contribution in [0.2, 0.25) is 0 Å². The van der Waals surface area contributed by atoms with E-state index in [9.17, 15) is 19.6 Å². The summed E-state index contributed by atoms with van der Waals surface area (Å²) in [6.45, 7) is 4.49. The zero-order valence-electron chi connectivity index (χ0n) is 15.7. The number of carbonyl (C=O) groups is 3. The summed E-state index contributed by atoms with van der Waals surface area (Å²) in [5.74, 6) is -1.46. The lowest BCUT2D eigenvalue weighted by molar-refractivity contribution is -0.119. The molecule has 7 nitrogen and oxygen atoms in total. The first-order valence-electron chi connectivity index (χ1n) is 8.71. The van der Waals surface area contributed by atoms with Crippen molar-refractivity contribution in [1.82, 2.24) is 0 Å². The second kappa shape index (κ2) is 8.12. The number of rotatable bonds is 5. The molecular weight excluding hydrogens is 398 g/mol. The summed E-state index contributed by atoms with van der Waals surface area (Å²) in [5, 5.41) is 15.6. The van der Waals surface area contributed by atoms with E-state index in [1.807, 2.05) is 6.92 Å². The minimum Gasteiger partial charge on any atom is -0.452 e. The number of esters is 1. The van der Waals surface area contributed by atoms with Gasteiger partial charge in [-0.25, -0.2) is 4.79 Å². The summed E-state index contributed by atoms with van der Waals surface area (Å²) in [4.78, 5) is 38.1. The molecule has 0 bridgehead atoms. The van der Waals surface area contributed by atoms with Gasteiger partial charge in [-0.1, -0.05) is 0 Å². The van der Waals surface area contributed by atoms with Gasteiger partial charge in [-0.3, -0.25) is 9.59 Å². The first kappa shape index (κ1) is 20.0. The highest BCUT2D eigenvalue weighted by molar-refractivity contribution is 7.17. The normalized spacial score (nSPS) is 12.2. The molecule has 0 atom stereocenters. The number of hydrogen-bond donors (Lipinski definition) is 2.